The summed E-state index contributed by atoms with van der Waals surface area (Å²) in [6.45, 7) is 0. The van der Waals surface area contributed by atoms with E-state index in [4.69, 9.17) is 4.74 Å². The molecule has 0 unspecified atom stereocenters. The van der Waals surface area contributed by atoms with Crippen molar-refractivity contribution in [2.24, 2.45) is 7.05 Å². The Kier molecular flexibility index (Phi) is 4.02. The fraction of sp³-hybridized carbons (Fsp3) is 0.444. The lowest BCUT2D eigenvalue weighted by Gasteiger charge is -1.98. The van der Waals surface area contributed by atoms with Crippen LogP contribution < -0.4 is 4.74 Å². The second-order valence-electron chi connectivity index (χ2n) is 2.60. The Hall–Kier alpha value is -0.770. The van der Waals surface area contributed by atoms with Crippen molar-refractivity contribution in [2.75, 3.05) is 12.4 Å². The summed E-state index contributed by atoms with van der Waals surface area (Å²) in [6, 6.07) is 0. The lowest BCUT2D eigenvalue weighted by atomic mass is 10.3. The average molecular weight is 245 g/mol. The van der Waals surface area contributed by atoms with Crippen LogP contribution in [0, 0.1) is 0 Å². The van der Waals surface area contributed by atoms with Crippen molar-refractivity contribution in [2.45, 2.75) is 6.42 Å². The highest BCUT2D eigenvalue weighted by atomic mass is 79.9. The minimum Gasteiger partial charge on any atom is -0.493 e. The van der Waals surface area contributed by atoms with Gasteiger partial charge in [-0.05, 0) is 12.5 Å². The maximum absolute atomic E-state index is 5.15. The molecule has 0 aliphatic heterocycles. The summed E-state index contributed by atoms with van der Waals surface area (Å²) < 4.78 is 6.95. The van der Waals surface area contributed by atoms with Crippen molar-refractivity contribution in [3.05, 3.63) is 18.0 Å². The number of alkyl halides is 1. The number of methoxy groups -OCH3 is 1. The van der Waals surface area contributed by atoms with Crippen molar-refractivity contribution >= 4 is 22.0 Å². The molecule has 0 bridgehead atoms. The van der Waals surface area contributed by atoms with Gasteiger partial charge in [-0.2, -0.15) is 5.10 Å². The van der Waals surface area contributed by atoms with Gasteiger partial charge in [0.25, 0.3) is 0 Å². The smallest absolute Gasteiger partial charge is 0.164 e. The summed E-state index contributed by atoms with van der Waals surface area (Å²) in [5.74, 6) is 0.813. The van der Waals surface area contributed by atoms with Crippen molar-refractivity contribution in [3.8, 4) is 5.75 Å². The lowest BCUT2D eigenvalue weighted by molar-refractivity contribution is 0.413. The van der Waals surface area contributed by atoms with Gasteiger partial charge in [0.05, 0.1) is 13.3 Å². The fourth-order valence-electron chi connectivity index (χ4n) is 1.03. The number of allylic oxidation sites excluding steroid dienone is 1. The fourth-order valence-corrected chi connectivity index (χ4v) is 1.30. The zero-order chi connectivity index (χ0) is 9.68. The van der Waals surface area contributed by atoms with Gasteiger partial charge in [0.15, 0.2) is 5.75 Å². The number of nitrogens with zero attached hydrogens (tertiary/aromatic N) is 2. The van der Waals surface area contributed by atoms with Crippen LogP contribution in [0.5, 0.6) is 5.75 Å². The number of hydrogen-bond donors (Lipinski definition) is 0. The number of rotatable bonds is 4. The Labute approximate surface area is 86.5 Å². The highest BCUT2D eigenvalue weighted by molar-refractivity contribution is 9.09. The summed E-state index contributed by atoms with van der Waals surface area (Å²) >= 11 is 3.36. The van der Waals surface area contributed by atoms with E-state index >= 15 is 0 Å². The summed E-state index contributed by atoms with van der Waals surface area (Å²) in [5, 5.41) is 5.07. The lowest BCUT2D eigenvalue weighted by Crippen LogP contribution is -1.93. The molecular weight excluding hydrogens is 232 g/mol. The van der Waals surface area contributed by atoms with Crippen molar-refractivity contribution < 1.29 is 4.74 Å². The third kappa shape index (κ3) is 2.59. The van der Waals surface area contributed by atoms with Crippen LogP contribution in [0.1, 0.15) is 12.1 Å². The van der Waals surface area contributed by atoms with Gasteiger partial charge < -0.3 is 4.74 Å². The first kappa shape index (κ1) is 10.3. The topological polar surface area (TPSA) is 27.1 Å². The Bertz CT molecular complexity index is 294. The third-order valence-electron chi connectivity index (χ3n) is 1.72. The summed E-state index contributed by atoms with van der Waals surface area (Å²) in [4.78, 5) is 0. The summed E-state index contributed by atoms with van der Waals surface area (Å²) in [6.07, 6.45) is 6.84. The molecule has 1 heterocycles. The van der Waals surface area contributed by atoms with Crippen LogP contribution in [-0.2, 0) is 7.05 Å². The van der Waals surface area contributed by atoms with Crippen LogP contribution in [0.4, 0.5) is 0 Å². The minimum atomic E-state index is 0.813. The van der Waals surface area contributed by atoms with Gasteiger partial charge in [-0.25, -0.2) is 0 Å². The van der Waals surface area contributed by atoms with Gasteiger partial charge in [-0.15, -0.1) is 0 Å². The van der Waals surface area contributed by atoms with Crippen LogP contribution in [0.2, 0.25) is 0 Å². The van der Waals surface area contributed by atoms with Gasteiger partial charge in [0, 0.05) is 12.4 Å². The van der Waals surface area contributed by atoms with Crippen LogP contribution in [0.3, 0.4) is 0 Å². The molecule has 0 N–H and O–H groups in total. The van der Waals surface area contributed by atoms with Crippen LogP contribution in [-0.4, -0.2) is 22.2 Å². The highest BCUT2D eigenvalue weighted by Crippen LogP contribution is 2.17. The molecule has 0 aliphatic carbocycles. The molecule has 1 rings (SSSR count). The second kappa shape index (κ2) is 5.07. The zero-order valence-corrected chi connectivity index (χ0v) is 9.41. The van der Waals surface area contributed by atoms with Crippen molar-refractivity contribution in [1.82, 2.24) is 9.78 Å². The molecule has 0 saturated heterocycles. The predicted octanol–water partition coefficient (Wildman–Crippen LogP) is 2.23. The van der Waals surface area contributed by atoms with Gasteiger partial charge in [-0.3, -0.25) is 4.68 Å². The molecule has 0 fully saturated rings. The molecule has 1 aromatic rings. The predicted molar refractivity (Wildman–Crippen MR) is 57.2 cm³/mol. The molecule has 3 nitrogen and oxygen atoms in total. The second-order valence-corrected chi connectivity index (χ2v) is 3.39. The van der Waals surface area contributed by atoms with Crippen LogP contribution in [0.25, 0.3) is 6.08 Å². The molecule has 0 radical (unpaired) electrons. The Balaban J connectivity index is 2.79. The maximum atomic E-state index is 5.15. The van der Waals surface area contributed by atoms with E-state index in [-0.39, 0.29) is 0 Å². The van der Waals surface area contributed by atoms with E-state index in [0.29, 0.717) is 0 Å². The number of aromatic nitrogens is 2. The van der Waals surface area contributed by atoms with E-state index in [1.54, 1.807) is 18.0 Å². The molecular formula is C9H13BrN2O. The Morgan fingerprint density at radius 1 is 1.69 bits per heavy atom. The minimum absolute atomic E-state index is 0.813. The standard InChI is InChI=1S/C9H13BrN2O/c1-12-8(5-3-4-6-10)9(13-2)7-11-12/h3,5,7H,4,6H2,1-2H3/b5-3+. The summed E-state index contributed by atoms with van der Waals surface area (Å²) in [5.41, 5.74) is 1.00. The van der Waals surface area contributed by atoms with E-state index in [1.807, 2.05) is 13.1 Å². The Morgan fingerprint density at radius 2 is 2.46 bits per heavy atom. The molecule has 0 aromatic carbocycles. The molecule has 0 spiro atoms. The molecule has 72 valence electrons. The molecule has 0 atom stereocenters. The number of ether oxygens (including phenoxy) is 1. The molecule has 4 heteroatoms. The molecule has 0 saturated carbocycles. The summed E-state index contributed by atoms with van der Waals surface area (Å²) in [7, 11) is 3.55. The highest BCUT2D eigenvalue weighted by Gasteiger charge is 2.03. The maximum Gasteiger partial charge on any atom is 0.164 e. The first-order chi connectivity index (χ1) is 6.29. The van der Waals surface area contributed by atoms with Gasteiger partial charge in [-0.1, -0.05) is 22.0 Å². The van der Waals surface area contributed by atoms with Gasteiger partial charge in [0.2, 0.25) is 0 Å². The van der Waals surface area contributed by atoms with Crippen LogP contribution in [0.15, 0.2) is 12.3 Å². The van der Waals surface area contributed by atoms with Crippen molar-refractivity contribution in [3.63, 3.8) is 0 Å². The normalized spacial score (nSPS) is 11.0. The third-order valence-corrected chi connectivity index (χ3v) is 2.18. The van der Waals surface area contributed by atoms with Crippen LogP contribution >= 0.6 is 15.9 Å². The van der Waals surface area contributed by atoms with E-state index in [1.165, 1.54) is 0 Å². The van der Waals surface area contributed by atoms with E-state index < -0.39 is 0 Å². The average Bonchev–Trinajstić information content (AvgIpc) is 2.48. The van der Waals surface area contributed by atoms with E-state index in [2.05, 4.69) is 27.1 Å². The van der Waals surface area contributed by atoms with Gasteiger partial charge >= 0.3 is 0 Å². The molecule has 13 heavy (non-hydrogen) atoms. The first-order valence-electron chi connectivity index (χ1n) is 4.08. The van der Waals surface area contributed by atoms with Gasteiger partial charge in [0.1, 0.15) is 5.69 Å². The number of hydrogen-bond acceptors (Lipinski definition) is 2. The largest absolute Gasteiger partial charge is 0.493 e. The monoisotopic (exact) mass is 244 g/mol. The van der Waals surface area contributed by atoms with Crippen molar-refractivity contribution in [1.29, 1.82) is 0 Å². The number of aryl methyl sites for hydroxylation is 1. The Morgan fingerprint density at radius 3 is 3.08 bits per heavy atom. The first-order valence-corrected chi connectivity index (χ1v) is 5.20. The zero-order valence-electron chi connectivity index (χ0n) is 7.83. The number of halogens is 1. The molecule has 0 aliphatic rings. The molecule has 1 aromatic heterocycles. The van der Waals surface area contributed by atoms with E-state index in [0.717, 1.165) is 23.2 Å². The quantitative estimate of drug-likeness (QED) is 0.760. The SMILES string of the molecule is COc1cnn(C)c1/C=C/CCBr. The van der Waals surface area contributed by atoms with E-state index in [9.17, 15) is 0 Å². The molecule has 0 amide bonds.